The Kier molecular flexibility index (Phi) is 5.97. The number of aryl methyl sites for hydroxylation is 1. The Labute approximate surface area is 217 Å². The van der Waals surface area contributed by atoms with Gasteiger partial charge in [-0.3, -0.25) is 9.59 Å². The third-order valence-corrected chi connectivity index (χ3v) is 7.05. The molecule has 36 heavy (non-hydrogen) atoms. The van der Waals surface area contributed by atoms with E-state index in [2.05, 4.69) is 40.3 Å². The highest BCUT2D eigenvalue weighted by Crippen LogP contribution is 2.35. The van der Waals surface area contributed by atoms with Crippen molar-refractivity contribution in [2.24, 2.45) is 0 Å². The van der Waals surface area contributed by atoms with Gasteiger partial charge in [0.25, 0.3) is 5.56 Å². The Morgan fingerprint density at radius 1 is 1.14 bits per heavy atom. The zero-order chi connectivity index (χ0) is 25.8. The van der Waals surface area contributed by atoms with E-state index in [0.29, 0.717) is 51.4 Å². The minimum atomic E-state index is -0.419. The first kappa shape index (κ1) is 24.2. The van der Waals surface area contributed by atoms with Crippen LogP contribution in [0.2, 0.25) is 10.0 Å². The molecule has 5 rings (SSSR count). The number of aromatic nitrogens is 4. The summed E-state index contributed by atoms with van der Waals surface area (Å²) >= 11 is 12.6. The second-order valence-corrected chi connectivity index (χ2v) is 10.4. The fraction of sp³-hybridized carbons (Fsp3) is 0.269. The van der Waals surface area contributed by atoms with Gasteiger partial charge in [-0.2, -0.15) is 9.78 Å². The molecule has 1 N–H and O–H groups in total. The van der Waals surface area contributed by atoms with Crippen LogP contribution in [-0.2, 0) is 16.8 Å². The number of nitrogens with zero attached hydrogens (tertiary/aromatic N) is 5. The van der Waals surface area contributed by atoms with Crippen LogP contribution in [0.5, 0.6) is 0 Å². The minimum absolute atomic E-state index is 0.0525. The summed E-state index contributed by atoms with van der Waals surface area (Å²) in [6, 6.07) is 11.1. The molecule has 0 radical (unpaired) electrons. The highest BCUT2D eigenvalue weighted by Gasteiger charge is 2.32. The Morgan fingerprint density at radius 2 is 1.86 bits per heavy atom. The molecule has 3 heterocycles. The third-order valence-electron chi connectivity index (χ3n) is 6.44. The third kappa shape index (κ3) is 4.20. The standard InChI is InChI=1S/C26H24Cl2N6O2/c1-14-22-18(24(36)34(32-14)23-20(27)6-5-7-21(23)28)11-29-25(31-22)30-17-8-9-19-16(10-17)12-33(15(2)35)13-26(19,3)4/h5-11H,12-13H2,1-4H3,(H,29,30,31). The van der Waals surface area contributed by atoms with Crippen LogP contribution >= 0.6 is 23.2 Å². The molecule has 0 spiro atoms. The number of nitrogens with one attached hydrogen (secondary N) is 1. The lowest BCUT2D eigenvalue weighted by atomic mass is 9.78. The molecule has 10 heteroatoms. The number of hydrogen-bond acceptors (Lipinski definition) is 6. The molecule has 1 aliphatic rings. The van der Waals surface area contributed by atoms with Crippen LogP contribution in [-0.4, -0.2) is 37.1 Å². The number of benzene rings is 2. The van der Waals surface area contributed by atoms with Gasteiger partial charge in [0.15, 0.2) is 0 Å². The molecule has 0 saturated heterocycles. The van der Waals surface area contributed by atoms with E-state index in [9.17, 15) is 9.59 Å². The normalized spacial score (nSPS) is 14.6. The van der Waals surface area contributed by atoms with E-state index in [1.807, 2.05) is 17.0 Å². The number of rotatable bonds is 3. The number of carbonyl (C=O) groups excluding carboxylic acids is 1. The topological polar surface area (TPSA) is 93.0 Å². The van der Waals surface area contributed by atoms with Gasteiger partial charge in [0, 0.05) is 37.3 Å². The Morgan fingerprint density at radius 3 is 2.56 bits per heavy atom. The molecule has 0 aliphatic carbocycles. The molecule has 1 amide bonds. The van der Waals surface area contributed by atoms with Crippen molar-refractivity contribution in [2.45, 2.75) is 39.7 Å². The number of anilines is 2. The minimum Gasteiger partial charge on any atom is -0.338 e. The van der Waals surface area contributed by atoms with Gasteiger partial charge in [-0.05, 0) is 42.3 Å². The predicted molar refractivity (Wildman–Crippen MR) is 142 cm³/mol. The van der Waals surface area contributed by atoms with E-state index < -0.39 is 5.56 Å². The van der Waals surface area contributed by atoms with Gasteiger partial charge < -0.3 is 10.2 Å². The molecular formula is C26H24Cl2N6O2. The van der Waals surface area contributed by atoms with E-state index >= 15 is 0 Å². The van der Waals surface area contributed by atoms with Crippen molar-refractivity contribution in [3.05, 3.63) is 79.8 Å². The number of amides is 1. The van der Waals surface area contributed by atoms with Crippen LogP contribution in [0.3, 0.4) is 0 Å². The van der Waals surface area contributed by atoms with Gasteiger partial charge in [0.05, 0.1) is 21.1 Å². The molecule has 0 saturated carbocycles. The lowest BCUT2D eigenvalue weighted by molar-refractivity contribution is -0.130. The monoisotopic (exact) mass is 522 g/mol. The number of hydrogen-bond donors (Lipinski definition) is 1. The van der Waals surface area contributed by atoms with Crippen LogP contribution in [0, 0.1) is 6.92 Å². The number of para-hydroxylation sites is 1. The molecule has 2 aromatic carbocycles. The smallest absolute Gasteiger partial charge is 0.282 e. The molecule has 4 aromatic rings. The summed E-state index contributed by atoms with van der Waals surface area (Å²) in [4.78, 5) is 36.1. The van der Waals surface area contributed by atoms with Crippen LogP contribution in [0.1, 0.15) is 37.6 Å². The Balaban J connectivity index is 1.52. The number of carbonyl (C=O) groups is 1. The average molecular weight is 523 g/mol. The average Bonchev–Trinajstić information content (AvgIpc) is 2.81. The Hall–Kier alpha value is -3.49. The van der Waals surface area contributed by atoms with Crippen molar-refractivity contribution < 1.29 is 4.79 Å². The Bertz CT molecular complexity index is 1580. The van der Waals surface area contributed by atoms with E-state index in [1.165, 1.54) is 16.4 Å². The molecule has 0 atom stereocenters. The van der Waals surface area contributed by atoms with Crippen molar-refractivity contribution in [3.63, 3.8) is 0 Å². The van der Waals surface area contributed by atoms with Crippen molar-refractivity contribution in [1.82, 2.24) is 24.6 Å². The molecule has 184 valence electrons. The lowest BCUT2D eigenvalue weighted by Crippen LogP contribution is -2.44. The second kappa shape index (κ2) is 8.87. The van der Waals surface area contributed by atoms with Crippen molar-refractivity contribution in [2.75, 3.05) is 11.9 Å². The maximum Gasteiger partial charge on any atom is 0.282 e. The van der Waals surface area contributed by atoms with E-state index in [0.717, 1.165) is 11.3 Å². The molecule has 8 nitrogen and oxygen atoms in total. The van der Waals surface area contributed by atoms with Gasteiger partial charge in [0.1, 0.15) is 11.2 Å². The molecule has 1 aliphatic heterocycles. The van der Waals surface area contributed by atoms with Crippen LogP contribution in [0.15, 0.2) is 47.4 Å². The van der Waals surface area contributed by atoms with Crippen molar-refractivity contribution >= 4 is 51.6 Å². The zero-order valence-corrected chi connectivity index (χ0v) is 21.8. The highest BCUT2D eigenvalue weighted by atomic mass is 35.5. The predicted octanol–water partition coefficient (Wildman–Crippen LogP) is 5.17. The molecule has 0 bridgehead atoms. The summed E-state index contributed by atoms with van der Waals surface area (Å²) in [6.07, 6.45) is 1.47. The molecule has 0 fully saturated rings. The molecular weight excluding hydrogens is 499 g/mol. The number of fused-ring (bicyclic) bond motifs is 2. The summed E-state index contributed by atoms with van der Waals surface area (Å²) in [7, 11) is 0. The fourth-order valence-corrected chi connectivity index (χ4v) is 5.27. The summed E-state index contributed by atoms with van der Waals surface area (Å²) in [5, 5.41) is 8.57. The second-order valence-electron chi connectivity index (χ2n) is 9.58. The van der Waals surface area contributed by atoms with Gasteiger partial charge in [-0.1, -0.05) is 49.2 Å². The van der Waals surface area contributed by atoms with Gasteiger partial charge in [0.2, 0.25) is 11.9 Å². The van der Waals surface area contributed by atoms with Crippen LogP contribution < -0.4 is 10.9 Å². The fourth-order valence-electron chi connectivity index (χ4n) is 4.71. The van der Waals surface area contributed by atoms with Gasteiger partial charge in [-0.25, -0.2) is 9.97 Å². The SMILES string of the molecule is CC(=O)N1Cc2cc(Nc3ncc4c(=O)n(-c5c(Cl)cccc5Cl)nc(C)c4n3)ccc2C(C)(C)C1. The first-order chi connectivity index (χ1) is 17.0. The largest absolute Gasteiger partial charge is 0.338 e. The van der Waals surface area contributed by atoms with E-state index in [1.54, 1.807) is 32.0 Å². The first-order valence-corrected chi connectivity index (χ1v) is 12.2. The van der Waals surface area contributed by atoms with Gasteiger partial charge in [-0.15, -0.1) is 0 Å². The summed E-state index contributed by atoms with van der Waals surface area (Å²) < 4.78 is 1.19. The van der Waals surface area contributed by atoms with E-state index in [4.69, 9.17) is 23.2 Å². The molecule has 0 unspecified atom stereocenters. The quantitative estimate of drug-likeness (QED) is 0.398. The highest BCUT2D eigenvalue weighted by molar-refractivity contribution is 6.37. The first-order valence-electron chi connectivity index (χ1n) is 11.4. The lowest BCUT2D eigenvalue weighted by Gasteiger charge is -2.39. The number of halogens is 2. The maximum absolute atomic E-state index is 13.2. The van der Waals surface area contributed by atoms with Crippen molar-refractivity contribution in [1.29, 1.82) is 0 Å². The molecule has 2 aromatic heterocycles. The van der Waals surface area contributed by atoms with E-state index in [-0.39, 0.29) is 11.3 Å². The van der Waals surface area contributed by atoms with Crippen LogP contribution in [0.25, 0.3) is 16.6 Å². The van der Waals surface area contributed by atoms with Crippen LogP contribution in [0.4, 0.5) is 11.6 Å². The van der Waals surface area contributed by atoms with Crippen molar-refractivity contribution in [3.8, 4) is 5.69 Å². The summed E-state index contributed by atoms with van der Waals surface area (Å²) in [5.74, 6) is 0.385. The maximum atomic E-state index is 13.2. The zero-order valence-electron chi connectivity index (χ0n) is 20.3. The summed E-state index contributed by atoms with van der Waals surface area (Å²) in [5.41, 5.74) is 3.77. The van der Waals surface area contributed by atoms with Gasteiger partial charge >= 0.3 is 0 Å². The summed E-state index contributed by atoms with van der Waals surface area (Å²) in [6.45, 7) is 8.86.